The van der Waals surface area contributed by atoms with Crippen LogP contribution in [0.25, 0.3) is 0 Å². The second-order valence-electron chi connectivity index (χ2n) is 8.01. The lowest BCUT2D eigenvalue weighted by atomic mass is 9.70. The van der Waals surface area contributed by atoms with Gasteiger partial charge in [0.15, 0.2) is 0 Å². The Morgan fingerprint density at radius 1 is 1.16 bits per heavy atom. The summed E-state index contributed by atoms with van der Waals surface area (Å²) in [5.41, 5.74) is 3.50. The van der Waals surface area contributed by atoms with Crippen LogP contribution in [-0.4, -0.2) is 34.8 Å². The summed E-state index contributed by atoms with van der Waals surface area (Å²) in [6.45, 7) is 0.470. The molecule has 2 aromatic carbocycles. The van der Waals surface area contributed by atoms with E-state index in [-0.39, 0.29) is 18.2 Å². The normalized spacial score (nSPS) is 20.6. The number of para-hydroxylation sites is 1. The number of nitrogens with zero attached hydrogens (tertiary/aromatic N) is 1. The van der Waals surface area contributed by atoms with Crippen LogP contribution in [0.1, 0.15) is 39.9 Å². The molecule has 31 heavy (non-hydrogen) atoms. The third kappa shape index (κ3) is 4.23. The number of benzene rings is 2. The molecule has 1 fully saturated rings. The Labute approximate surface area is 176 Å². The highest BCUT2D eigenvalue weighted by molar-refractivity contribution is 5.93. The summed E-state index contributed by atoms with van der Waals surface area (Å²) in [7, 11) is 0. The minimum absolute atomic E-state index is 0.0344. The number of hydroxylamine groups is 1. The third-order valence-electron chi connectivity index (χ3n) is 6.13. The van der Waals surface area contributed by atoms with Gasteiger partial charge in [0, 0.05) is 24.2 Å². The molecule has 2 aromatic rings. The van der Waals surface area contributed by atoms with Gasteiger partial charge >= 0.3 is 6.36 Å². The Morgan fingerprint density at radius 2 is 1.94 bits per heavy atom. The lowest BCUT2D eigenvalue weighted by molar-refractivity contribution is -0.275. The summed E-state index contributed by atoms with van der Waals surface area (Å²) in [6, 6.07) is 11.0. The van der Waals surface area contributed by atoms with E-state index in [0.29, 0.717) is 43.4 Å². The first-order chi connectivity index (χ1) is 14.7. The highest BCUT2D eigenvalue weighted by Gasteiger charge is 2.48. The number of ether oxygens (including phenoxy) is 1. The Hall–Kier alpha value is -3.07. The fraction of sp³-hybridized carbons (Fsp3) is 0.364. The smallest absolute Gasteiger partial charge is 0.405 e. The molecule has 0 radical (unpaired) electrons. The number of alkyl halides is 3. The van der Waals surface area contributed by atoms with Crippen LogP contribution in [0, 0.1) is 5.41 Å². The van der Waals surface area contributed by atoms with Crippen LogP contribution in [0.15, 0.2) is 42.5 Å². The average molecular weight is 434 g/mol. The Balaban J connectivity index is 1.53. The van der Waals surface area contributed by atoms with Gasteiger partial charge < -0.3 is 9.64 Å². The molecule has 2 aliphatic rings. The zero-order valence-electron chi connectivity index (χ0n) is 16.5. The van der Waals surface area contributed by atoms with E-state index in [9.17, 15) is 22.8 Å². The zero-order chi connectivity index (χ0) is 22.2. The summed E-state index contributed by atoms with van der Waals surface area (Å²) < 4.78 is 42.2. The Morgan fingerprint density at radius 3 is 2.68 bits per heavy atom. The molecule has 0 aromatic heterocycles. The highest BCUT2D eigenvalue weighted by atomic mass is 19.4. The minimum atomic E-state index is -4.81. The number of carbonyl (C=O) groups excluding carboxylic acids is 2. The first-order valence-corrected chi connectivity index (χ1v) is 9.90. The van der Waals surface area contributed by atoms with E-state index in [1.807, 2.05) is 6.07 Å². The van der Waals surface area contributed by atoms with Crippen molar-refractivity contribution in [2.75, 3.05) is 6.54 Å². The van der Waals surface area contributed by atoms with Crippen molar-refractivity contribution in [1.82, 2.24) is 10.4 Å². The molecular formula is C22H21F3N2O4. The zero-order valence-corrected chi connectivity index (χ0v) is 16.5. The van der Waals surface area contributed by atoms with Gasteiger partial charge in [0.25, 0.3) is 5.91 Å². The first kappa shape index (κ1) is 21.2. The minimum Gasteiger partial charge on any atom is -0.405 e. The first-order valence-electron chi connectivity index (χ1n) is 9.90. The molecule has 6 nitrogen and oxygen atoms in total. The van der Waals surface area contributed by atoms with Crippen molar-refractivity contribution in [3.05, 3.63) is 64.7 Å². The molecule has 164 valence electrons. The van der Waals surface area contributed by atoms with E-state index in [4.69, 9.17) is 5.21 Å². The van der Waals surface area contributed by atoms with E-state index in [0.717, 1.165) is 11.1 Å². The number of carbonyl (C=O) groups is 2. The van der Waals surface area contributed by atoms with E-state index >= 15 is 0 Å². The molecule has 0 bridgehead atoms. The van der Waals surface area contributed by atoms with Crippen LogP contribution < -0.4 is 10.2 Å². The van der Waals surface area contributed by atoms with Crippen molar-refractivity contribution >= 4 is 11.8 Å². The van der Waals surface area contributed by atoms with Gasteiger partial charge in [-0.25, -0.2) is 5.48 Å². The molecular weight excluding hydrogens is 413 g/mol. The SMILES string of the molecule is O=C(NO)c1ccc2c(c1)C[C@]1(CC2)CCN(Cc2ccccc2OC(F)(F)F)C1=O. The summed E-state index contributed by atoms with van der Waals surface area (Å²) in [5.74, 6) is -1.03. The van der Waals surface area contributed by atoms with Crippen LogP contribution in [0.3, 0.4) is 0 Å². The third-order valence-corrected chi connectivity index (χ3v) is 6.13. The van der Waals surface area contributed by atoms with E-state index in [1.165, 1.54) is 18.2 Å². The fourth-order valence-corrected chi connectivity index (χ4v) is 4.57. The van der Waals surface area contributed by atoms with Crippen LogP contribution in [-0.2, 0) is 24.2 Å². The molecule has 2 N–H and O–H groups in total. The Bertz CT molecular complexity index is 1020. The molecule has 4 rings (SSSR count). The molecule has 2 amide bonds. The second kappa shape index (κ2) is 7.88. The van der Waals surface area contributed by atoms with Crippen LogP contribution >= 0.6 is 0 Å². The number of amides is 2. The summed E-state index contributed by atoms with van der Waals surface area (Å²) in [4.78, 5) is 26.6. The molecule has 1 aliphatic heterocycles. The van der Waals surface area contributed by atoms with Gasteiger partial charge in [-0.3, -0.25) is 14.8 Å². The van der Waals surface area contributed by atoms with Crippen molar-refractivity contribution in [3.63, 3.8) is 0 Å². The van der Waals surface area contributed by atoms with Crippen molar-refractivity contribution in [1.29, 1.82) is 0 Å². The number of fused-ring (bicyclic) bond motifs is 1. The highest BCUT2D eigenvalue weighted by Crippen LogP contribution is 2.44. The van der Waals surface area contributed by atoms with Crippen molar-refractivity contribution in [2.45, 2.75) is 38.6 Å². The van der Waals surface area contributed by atoms with E-state index in [1.54, 1.807) is 28.6 Å². The van der Waals surface area contributed by atoms with Gasteiger partial charge in [0.2, 0.25) is 5.91 Å². The fourth-order valence-electron chi connectivity index (χ4n) is 4.57. The lowest BCUT2D eigenvalue weighted by Gasteiger charge is -2.33. The maximum absolute atomic E-state index is 13.3. The van der Waals surface area contributed by atoms with Gasteiger partial charge in [-0.2, -0.15) is 0 Å². The van der Waals surface area contributed by atoms with Gasteiger partial charge in [-0.1, -0.05) is 24.3 Å². The summed E-state index contributed by atoms with van der Waals surface area (Å²) in [5, 5.41) is 8.87. The number of hydrogen-bond donors (Lipinski definition) is 2. The number of likely N-dealkylation sites (tertiary alicyclic amines) is 1. The second-order valence-corrected chi connectivity index (χ2v) is 8.01. The maximum atomic E-state index is 13.3. The van der Waals surface area contributed by atoms with Gasteiger partial charge in [-0.15, -0.1) is 13.2 Å². The number of hydrogen-bond acceptors (Lipinski definition) is 4. The van der Waals surface area contributed by atoms with Crippen LogP contribution in [0.4, 0.5) is 13.2 Å². The maximum Gasteiger partial charge on any atom is 0.573 e. The monoisotopic (exact) mass is 434 g/mol. The molecule has 1 spiro atoms. The summed E-state index contributed by atoms with van der Waals surface area (Å²) >= 11 is 0. The van der Waals surface area contributed by atoms with E-state index < -0.39 is 17.7 Å². The topological polar surface area (TPSA) is 78.9 Å². The molecule has 1 atom stereocenters. The molecule has 1 heterocycles. The predicted molar refractivity (Wildman–Crippen MR) is 103 cm³/mol. The molecule has 0 unspecified atom stereocenters. The number of rotatable bonds is 4. The average Bonchev–Trinajstić information content (AvgIpc) is 3.02. The number of nitrogens with one attached hydrogen (secondary N) is 1. The largest absolute Gasteiger partial charge is 0.573 e. The lowest BCUT2D eigenvalue weighted by Crippen LogP contribution is -2.38. The van der Waals surface area contributed by atoms with Gasteiger partial charge in [0.05, 0.1) is 5.41 Å². The van der Waals surface area contributed by atoms with Gasteiger partial charge in [0.1, 0.15) is 5.75 Å². The molecule has 1 aliphatic carbocycles. The molecule has 9 heteroatoms. The van der Waals surface area contributed by atoms with E-state index in [2.05, 4.69) is 4.74 Å². The van der Waals surface area contributed by atoms with Crippen LogP contribution in [0.2, 0.25) is 0 Å². The number of halogens is 3. The summed E-state index contributed by atoms with van der Waals surface area (Å²) in [6.07, 6.45) is -2.46. The van der Waals surface area contributed by atoms with Crippen molar-refractivity contribution in [2.24, 2.45) is 5.41 Å². The Kier molecular flexibility index (Phi) is 5.38. The predicted octanol–water partition coefficient (Wildman–Crippen LogP) is 3.61. The molecule has 1 saturated heterocycles. The molecule has 0 saturated carbocycles. The van der Waals surface area contributed by atoms with Gasteiger partial charge in [-0.05, 0) is 55.0 Å². The van der Waals surface area contributed by atoms with Crippen molar-refractivity contribution in [3.8, 4) is 5.75 Å². The van der Waals surface area contributed by atoms with Crippen LogP contribution in [0.5, 0.6) is 5.75 Å². The quantitative estimate of drug-likeness (QED) is 0.569. The van der Waals surface area contributed by atoms with Crippen molar-refractivity contribution < 1.29 is 32.7 Å². The standard InChI is InChI=1S/C22H21F3N2O4/c23-22(24,25)31-18-4-2-1-3-16(18)13-27-10-9-21(20(27)29)8-7-14-5-6-15(19(28)26-30)11-17(14)12-21/h1-6,11,30H,7-10,12-13H2,(H,26,28)/t21-/m0/s1. The number of aryl methyl sites for hydroxylation is 1.